The van der Waals surface area contributed by atoms with E-state index in [4.69, 9.17) is 4.74 Å². The molecule has 0 unspecified atom stereocenters. The first kappa shape index (κ1) is 28.4. The predicted molar refractivity (Wildman–Crippen MR) is 146 cm³/mol. The van der Waals surface area contributed by atoms with Gasteiger partial charge in [-0.15, -0.1) is 5.10 Å². The van der Waals surface area contributed by atoms with E-state index in [2.05, 4.69) is 24.9 Å². The summed E-state index contributed by atoms with van der Waals surface area (Å²) in [5.41, 5.74) is 1.53. The predicted octanol–water partition coefficient (Wildman–Crippen LogP) is -0.637. The van der Waals surface area contributed by atoms with Crippen LogP contribution in [0.4, 0.5) is 15.9 Å². The number of halogens is 1. The average Bonchev–Trinajstić information content (AvgIpc) is 3.69. The molecule has 5 heterocycles. The van der Waals surface area contributed by atoms with Crippen LogP contribution < -0.4 is 9.62 Å². The lowest BCUT2D eigenvalue weighted by molar-refractivity contribution is -0.212. The molecule has 7 atom stereocenters. The molecule has 3 aliphatic rings. The number of pyridine rings is 1. The molecule has 1 amide bonds. The number of carbonyl (C=O) groups is 1. The minimum atomic E-state index is -3.45. The van der Waals surface area contributed by atoms with Crippen molar-refractivity contribution in [3.63, 3.8) is 0 Å². The van der Waals surface area contributed by atoms with Crippen LogP contribution in [-0.2, 0) is 19.6 Å². The summed E-state index contributed by atoms with van der Waals surface area (Å²) in [5.74, 6) is -0.729. The number of fused-ring (bicyclic) bond motifs is 2. The number of sulfonamides is 1. The van der Waals surface area contributed by atoms with Gasteiger partial charge in [0.25, 0.3) is 5.91 Å². The van der Waals surface area contributed by atoms with E-state index in [1.54, 1.807) is 29.3 Å². The standard InChI is InChI=1S/C26H30FN7O7S/c1-42(39,40)30-21-6-5-16(9-28-21)32-10-18-8-17(32)11-33(18)26(38)25-24(37)22(23(36)20(13-35)41-25)34-12-19(29-31-34)14-3-2-4-15(27)7-14/h2-7,9,12,17-18,20,22-25,35-37H,8,10-11,13H2,1H3,(H,28,30)/t17-,18-,20+,22-,23-,24+,25+/m0/s1. The van der Waals surface area contributed by atoms with E-state index in [0.717, 1.165) is 11.9 Å². The molecule has 0 radical (unpaired) electrons. The summed E-state index contributed by atoms with van der Waals surface area (Å²) in [6.45, 7) is 0.245. The molecule has 2 bridgehead atoms. The maximum Gasteiger partial charge on any atom is 0.254 e. The lowest BCUT2D eigenvalue weighted by Crippen LogP contribution is -2.62. The molecular weight excluding hydrogens is 573 g/mol. The highest BCUT2D eigenvalue weighted by Crippen LogP contribution is 2.37. The second kappa shape index (κ2) is 10.9. The Morgan fingerprint density at radius 3 is 2.62 bits per heavy atom. The number of carbonyl (C=O) groups excluding carboxylic acids is 1. The number of nitrogens with one attached hydrogen (secondary N) is 1. The minimum Gasteiger partial charge on any atom is -0.394 e. The van der Waals surface area contributed by atoms with Gasteiger partial charge < -0.3 is 29.9 Å². The molecule has 0 spiro atoms. The number of ether oxygens (including phenoxy) is 1. The molecule has 3 aliphatic heterocycles. The summed E-state index contributed by atoms with van der Waals surface area (Å²) < 4.78 is 45.9. The second-order valence-electron chi connectivity index (χ2n) is 10.8. The number of likely N-dealkylation sites (tertiary alicyclic amines) is 1. The Labute approximate surface area is 240 Å². The highest BCUT2D eigenvalue weighted by atomic mass is 32.2. The summed E-state index contributed by atoms with van der Waals surface area (Å²) in [7, 11) is -3.45. The molecule has 4 N–H and O–H groups in total. The number of hydrogen-bond acceptors (Lipinski definition) is 11. The first-order valence-electron chi connectivity index (χ1n) is 13.3. The van der Waals surface area contributed by atoms with Gasteiger partial charge in [0.05, 0.1) is 37.0 Å². The Bertz CT molecular complexity index is 1570. The SMILES string of the molecule is CS(=O)(=O)Nc1ccc(N2C[C@@H]3C[C@H]2CN3C(=O)[C@@H]2O[C@H](CO)[C@H](O)[C@H](n3cc(-c4cccc(F)c4)nn3)[C@H]2O)cn1. The van der Waals surface area contributed by atoms with Gasteiger partial charge in [-0.2, -0.15) is 0 Å². The molecule has 42 heavy (non-hydrogen) atoms. The first-order valence-corrected chi connectivity index (χ1v) is 15.2. The number of aliphatic hydroxyl groups excluding tert-OH is 3. The fourth-order valence-electron chi connectivity index (χ4n) is 6.04. The van der Waals surface area contributed by atoms with Gasteiger partial charge in [-0.25, -0.2) is 22.5 Å². The Balaban J connectivity index is 1.17. The van der Waals surface area contributed by atoms with Crippen LogP contribution >= 0.6 is 0 Å². The molecule has 0 saturated carbocycles. The van der Waals surface area contributed by atoms with Crippen molar-refractivity contribution in [1.29, 1.82) is 0 Å². The Morgan fingerprint density at radius 2 is 1.98 bits per heavy atom. The number of nitrogens with zero attached hydrogens (tertiary/aromatic N) is 6. The van der Waals surface area contributed by atoms with Crippen LogP contribution in [0.3, 0.4) is 0 Å². The topological polar surface area (TPSA) is 183 Å². The summed E-state index contributed by atoms with van der Waals surface area (Å²) in [6, 6.07) is 7.67. The van der Waals surface area contributed by atoms with Crippen molar-refractivity contribution >= 4 is 27.4 Å². The number of benzene rings is 1. The zero-order chi connectivity index (χ0) is 29.8. The van der Waals surface area contributed by atoms with E-state index < -0.39 is 58.8 Å². The zero-order valence-corrected chi connectivity index (χ0v) is 23.2. The first-order chi connectivity index (χ1) is 20.0. The van der Waals surface area contributed by atoms with E-state index >= 15 is 0 Å². The molecule has 3 aromatic rings. The largest absolute Gasteiger partial charge is 0.394 e. The Morgan fingerprint density at radius 1 is 1.17 bits per heavy atom. The van der Waals surface area contributed by atoms with Gasteiger partial charge in [-0.1, -0.05) is 17.3 Å². The molecule has 14 nitrogen and oxygen atoms in total. The van der Waals surface area contributed by atoms with Gasteiger partial charge in [-0.3, -0.25) is 9.52 Å². The fourth-order valence-corrected chi connectivity index (χ4v) is 6.54. The molecule has 3 saturated heterocycles. The quantitative estimate of drug-likeness (QED) is 0.270. The third kappa shape index (κ3) is 5.31. The van der Waals surface area contributed by atoms with Crippen molar-refractivity contribution in [2.75, 3.05) is 35.6 Å². The number of rotatable bonds is 7. The van der Waals surface area contributed by atoms with E-state index in [9.17, 15) is 32.9 Å². The van der Waals surface area contributed by atoms with E-state index in [1.807, 2.05) is 0 Å². The van der Waals surface area contributed by atoms with Gasteiger partial charge >= 0.3 is 0 Å². The van der Waals surface area contributed by atoms with Crippen LogP contribution in [0.1, 0.15) is 12.5 Å². The van der Waals surface area contributed by atoms with Crippen molar-refractivity contribution in [3.8, 4) is 11.3 Å². The number of aromatic nitrogens is 4. The zero-order valence-electron chi connectivity index (χ0n) is 22.4. The summed E-state index contributed by atoms with van der Waals surface area (Å²) in [6.07, 6.45) is -0.754. The lowest BCUT2D eigenvalue weighted by atomic mass is 9.91. The number of aliphatic hydroxyl groups is 3. The van der Waals surface area contributed by atoms with E-state index in [1.165, 1.54) is 29.1 Å². The van der Waals surface area contributed by atoms with Crippen LogP contribution in [0, 0.1) is 5.82 Å². The maximum atomic E-state index is 13.7. The van der Waals surface area contributed by atoms with Crippen molar-refractivity contribution in [2.45, 2.75) is 49.0 Å². The van der Waals surface area contributed by atoms with Crippen LogP contribution in [-0.4, -0.2) is 117 Å². The molecule has 0 aliphatic carbocycles. The number of hydrogen-bond donors (Lipinski definition) is 4. The number of anilines is 2. The van der Waals surface area contributed by atoms with Gasteiger partial charge in [0, 0.05) is 24.7 Å². The van der Waals surface area contributed by atoms with Gasteiger partial charge in [0.15, 0.2) is 6.10 Å². The average molecular weight is 604 g/mol. The van der Waals surface area contributed by atoms with Crippen molar-refractivity contribution in [1.82, 2.24) is 24.9 Å². The van der Waals surface area contributed by atoms with Crippen LogP contribution in [0.15, 0.2) is 48.8 Å². The highest BCUT2D eigenvalue weighted by molar-refractivity contribution is 7.92. The van der Waals surface area contributed by atoms with E-state index in [-0.39, 0.29) is 17.9 Å². The molecule has 1 aromatic carbocycles. The van der Waals surface area contributed by atoms with Crippen molar-refractivity contribution < 1.29 is 37.7 Å². The molecule has 2 aromatic heterocycles. The molecule has 16 heteroatoms. The Hall–Kier alpha value is -3.70. The third-order valence-electron chi connectivity index (χ3n) is 7.96. The van der Waals surface area contributed by atoms with Gasteiger partial charge in [0.2, 0.25) is 10.0 Å². The molecular formula is C26H30FN7O7S. The van der Waals surface area contributed by atoms with Crippen molar-refractivity contribution in [2.24, 2.45) is 0 Å². The molecule has 224 valence electrons. The normalized spacial score (nSPS) is 29.2. The smallest absolute Gasteiger partial charge is 0.254 e. The van der Waals surface area contributed by atoms with Gasteiger partial charge in [0.1, 0.15) is 41.7 Å². The third-order valence-corrected chi connectivity index (χ3v) is 8.54. The summed E-state index contributed by atoms with van der Waals surface area (Å²) in [5, 5.41) is 40.2. The summed E-state index contributed by atoms with van der Waals surface area (Å²) >= 11 is 0. The fraction of sp³-hybridized carbons (Fsp3) is 0.462. The highest BCUT2D eigenvalue weighted by Gasteiger charge is 2.53. The molecule has 6 rings (SSSR count). The molecule has 3 fully saturated rings. The minimum absolute atomic E-state index is 0.0330. The Kier molecular flexibility index (Phi) is 7.34. The summed E-state index contributed by atoms with van der Waals surface area (Å²) in [4.78, 5) is 21.6. The van der Waals surface area contributed by atoms with Crippen LogP contribution in [0.2, 0.25) is 0 Å². The lowest BCUT2D eigenvalue weighted by Gasteiger charge is -2.44. The maximum absolute atomic E-state index is 13.7. The van der Waals surface area contributed by atoms with Gasteiger partial charge in [-0.05, 0) is 30.7 Å². The van der Waals surface area contributed by atoms with Crippen molar-refractivity contribution in [3.05, 3.63) is 54.6 Å². The second-order valence-corrected chi connectivity index (χ2v) is 12.6. The van der Waals surface area contributed by atoms with Crippen LogP contribution in [0.25, 0.3) is 11.3 Å². The van der Waals surface area contributed by atoms with E-state index in [0.29, 0.717) is 30.8 Å². The number of piperazine rings is 1. The number of amides is 1. The van der Waals surface area contributed by atoms with Crippen LogP contribution in [0.5, 0.6) is 0 Å². The monoisotopic (exact) mass is 603 g/mol.